The standard InChI is InChI=1S/C17H21N5O6S2/c1-3-4-28-6-8-5-10(16(25)26)22-14(24)12(15(22)30-8)20-13(23)11(21-27-2)9-7-29-17(18)19-9/h5,7-8,12,15H,3-4,6H2,1-2H3,(H2,18,19)(H,20,23)(H,25,26)/t8?,12?,15-/m1/s1. The predicted octanol–water partition coefficient (Wildman–Crippen LogP) is 0.239. The lowest BCUT2D eigenvalue weighted by molar-refractivity contribution is -0.150. The van der Waals surface area contributed by atoms with Crippen LogP contribution in [0.5, 0.6) is 0 Å². The first kappa shape index (κ1) is 22.1. The molecule has 30 heavy (non-hydrogen) atoms. The number of nitrogen functional groups attached to an aromatic ring is 1. The van der Waals surface area contributed by atoms with Crippen molar-refractivity contribution in [3.63, 3.8) is 0 Å². The van der Waals surface area contributed by atoms with Crippen LogP contribution >= 0.6 is 23.1 Å². The lowest BCUT2D eigenvalue weighted by Gasteiger charge is -2.49. The number of carboxylic acids is 1. The van der Waals surface area contributed by atoms with Crippen molar-refractivity contribution >= 4 is 51.7 Å². The quantitative estimate of drug-likeness (QED) is 0.205. The van der Waals surface area contributed by atoms with E-state index >= 15 is 0 Å². The first-order chi connectivity index (χ1) is 14.4. The predicted molar refractivity (Wildman–Crippen MR) is 111 cm³/mol. The zero-order valence-electron chi connectivity index (χ0n) is 16.2. The van der Waals surface area contributed by atoms with E-state index in [1.54, 1.807) is 5.38 Å². The fourth-order valence-electron chi connectivity index (χ4n) is 2.97. The number of β-lactam (4-membered cyclic amide) rings is 1. The van der Waals surface area contributed by atoms with Crippen molar-refractivity contribution in [1.82, 2.24) is 15.2 Å². The summed E-state index contributed by atoms with van der Waals surface area (Å²) in [6.07, 6.45) is 2.34. The number of rotatable bonds is 9. The largest absolute Gasteiger partial charge is 0.477 e. The van der Waals surface area contributed by atoms with Crippen molar-refractivity contribution in [2.24, 2.45) is 5.16 Å². The van der Waals surface area contributed by atoms with Gasteiger partial charge in [0.1, 0.15) is 29.9 Å². The van der Waals surface area contributed by atoms with Gasteiger partial charge >= 0.3 is 5.97 Å². The Bertz CT molecular complexity index is 901. The normalized spacial score (nSPS) is 23.3. The van der Waals surface area contributed by atoms with E-state index in [9.17, 15) is 19.5 Å². The maximum atomic E-state index is 12.7. The van der Waals surface area contributed by atoms with Crippen LogP contribution in [-0.4, -0.2) is 75.5 Å². The smallest absolute Gasteiger partial charge is 0.352 e. The maximum absolute atomic E-state index is 12.7. The number of fused-ring (bicyclic) bond motifs is 1. The molecule has 2 amide bonds. The van der Waals surface area contributed by atoms with Crippen molar-refractivity contribution in [3.05, 3.63) is 22.8 Å². The third-order valence-electron chi connectivity index (χ3n) is 4.26. The van der Waals surface area contributed by atoms with Gasteiger partial charge in [-0.15, -0.1) is 23.1 Å². The Morgan fingerprint density at radius 1 is 1.47 bits per heavy atom. The van der Waals surface area contributed by atoms with E-state index in [2.05, 4.69) is 15.5 Å². The molecule has 1 aromatic heterocycles. The number of carboxylic acid groups (broad SMARTS) is 1. The lowest BCUT2D eigenvalue weighted by Crippen LogP contribution is -2.71. The van der Waals surface area contributed by atoms with Gasteiger partial charge < -0.3 is 25.7 Å². The zero-order valence-corrected chi connectivity index (χ0v) is 17.9. The Morgan fingerprint density at radius 3 is 2.83 bits per heavy atom. The van der Waals surface area contributed by atoms with Crippen LogP contribution in [0.25, 0.3) is 0 Å². The molecular weight excluding hydrogens is 434 g/mol. The number of oxime groups is 1. The van der Waals surface area contributed by atoms with Gasteiger partial charge in [-0.05, 0) is 12.5 Å². The highest BCUT2D eigenvalue weighted by atomic mass is 32.2. The molecule has 2 aliphatic heterocycles. The number of ether oxygens (including phenoxy) is 1. The van der Waals surface area contributed by atoms with E-state index in [-0.39, 0.29) is 27.5 Å². The number of hydrogen-bond donors (Lipinski definition) is 3. The van der Waals surface area contributed by atoms with Gasteiger partial charge in [0, 0.05) is 12.0 Å². The van der Waals surface area contributed by atoms with Crippen LogP contribution < -0.4 is 11.1 Å². The van der Waals surface area contributed by atoms with Crippen LogP contribution in [0.15, 0.2) is 22.3 Å². The third kappa shape index (κ3) is 4.42. The molecule has 1 fully saturated rings. The summed E-state index contributed by atoms with van der Waals surface area (Å²) in [5.74, 6) is -2.40. The molecule has 3 rings (SSSR count). The Hall–Kier alpha value is -2.64. The number of aliphatic carboxylic acids is 1. The number of amides is 2. The maximum Gasteiger partial charge on any atom is 0.352 e. The van der Waals surface area contributed by atoms with Crippen molar-refractivity contribution in [3.8, 4) is 0 Å². The first-order valence-corrected chi connectivity index (χ1v) is 10.8. The average Bonchev–Trinajstić information content (AvgIpc) is 3.15. The first-order valence-electron chi connectivity index (χ1n) is 9.02. The minimum atomic E-state index is -1.21. The van der Waals surface area contributed by atoms with Gasteiger partial charge in [-0.2, -0.15) is 0 Å². The number of thioether (sulfide) groups is 1. The highest BCUT2D eigenvalue weighted by Gasteiger charge is 2.54. The summed E-state index contributed by atoms with van der Waals surface area (Å²) >= 11 is 2.48. The van der Waals surface area contributed by atoms with E-state index in [0.717, 1.165) is 17.8 Å². The number of nitrogens with one attached hydrogen (secondary N) is 1. The Morgan fingerprint density at radius 2 is 2.23 bits per heavy atom. The molecule has 162 valence electrons. The molecule has 3 heterocycles. The van der Waals surface area contributed by atoms with Gasteiger partial charge in [0.15, 0.2) is 10.8 Å². The van der Waals surface area contributed by atoms with E-state index in [0.29, 0.717) is 13.2 Å². The molecule has 2 unspecified atom stereocenters. The van der Waals surface area contributed by atoms with E-state index in [1.807, 2.05) is 6.92 Å². The van der Waals surface area contributed by atoms with Crippen molar-refractivity contribution in [2.45, 2.75) is 30.0 Å². The van der Waals surface area contributed by atoms with Crippen molar-refractivity contribution in [2.75, 3.05) is 26.1 Å². The van der Waals surface area contributed by atoms with Gasteiger partial charge in [0.05, 0.1) is 11.9 Å². The molecule has 2 aliphatic rings. The number of carbonyl (C=O) groups excluding carboxylic acids is 2. The fourth-order valence-corrected chi connectivity index (χ4v) is 4.94. The Balaban J connectivity index is 1.75. The second kappa shape index (κ2) is 9.45. The summed E-state index contributed by atoms with van der Waals surface area (Å²) in [5.41, 5.74) is 5.58. The number of nitrogens with two attached hydrogens (primary N) is 1. The zero-order chi connectivity index (χ0) is 21.8. The molecule has 1 aromatic rings. The van der Waals surface area contributed by atoms with Gasteiger partial charge in [0.25, 0.3) is 11.8 Å². The van der Waals surface area contributed by atoms with Crippen LogP contribution in [0.1, 0.15) is 19.0 Å². The number of carbonyl (C=O) groups is 3. The summed E-state index contributed by atoms with van der Waals surface area (Å²) in [6.45, 7) is 2.83. The van der Waals surface area contributed by atoms with Gasteiger partial charge in [-0.3, -0.25) is 14.5 Å². The molecule has 0 radical (unpaired) electrons. The highest BCUT2D eigenvalue weighted by molar-refractivity contribution is 8.00. The summed E-state index contributed by atoms with van der Waals surface area (Å²) in [6, 6.07) is -0.919. The molecule has 0 bridgehead atoms. The molecule has 4 N–H and O–H groups in total. The van der Waals surface area contributed by atoms with Crippen LogP contribution in [0, 0.1) is 0 Å². The number of thiazole rings is 1. The lowest BCUT2D eigenvalue weighted by atomic mass is 10.0. The van der Waals surface area contributed by atoms with E-state index in [1.165, 1.54) is 29.8 Å². The van der Waals surface area contributed by atoms with Gasteiger partial charge in [-0.25, -0.2) is 9.78 Å². The molecule has 11 nitrogen and oxygen atoms in total. The molecule has 1 saturated heterocycles. The summed E-state index contributed by atoms with van der Waals surface area (Å²) in [4.78, 5) is 46.9. The van der Waals surface area contributed by atoms with E-state index in [4.69, 9.17) is 15.3 Å². The molecule has 3 atom stereocenters. The molecule has 0 aliphatic carbocycles. The van der Waals surface area contributed by atoms with Crippen molar-refractivity contribution < 1.29 is 29.1 Å². The van der Waals surface area contributed by atoms with Crippen molar-refractivity contribution in [1.29, 1.82) is 0 Å². The SMILES string of the molecule is CCCOCC1C=C(C(=O)O)N2C(=O)C(NC(=O)C(=NOC)c3csc(N)n3)[C@H]2S1. The number of aromatic nitrogens is 1. The van der Waals surface area contributed by atoms with Crippen LogP contribution in [0.3, 0.4) is 0 Å². The highest BCUT2D eigenvalue weighted by Crippen LogP contribution is 2.41. The molecule has 0 saturated carbocycles. The average molecular weight is 456 g/mol. The second-order valence-corrected chi connectivity index (χ2v) is 8.60. The fraction of sp³-hybridized carbons (Fsp3) is 0.471. The van der Waals surface area contributed by atoms with Gasteiger partial charge in [-0.1, -0.05) is 12.1 Å². The minimum Gasteiger partial charge on any atom is -0.477 e. The van der Waals surface area contributed by atoms with Crippen LogP contribution in [0.2, 0.25) is 0 Å². The topological polar surface area (TPSA) is 156 Å². The number of hydrogen-bond acceptors (Lipinski definition) is 10. The number of nitrogens with zero attached hydrogens (tertiary/aromatic N) is 3. The van der Waals surface area contributed by atoms with E-state index < -0.39 is 29.2 Å². The molecule has 13 heteroatoms. The molecular formula is C17H21N5O6S2. The third-order valence-corrected chi connectivity index (χ3v) is 6.32. The Labute approximate surface area is 180 Å². The summed E-state index contributed by atoms with van der Waals surface area (Å²) in [7, 11) is 1.28. The minimum absolute atomic E-state index is 0.114. The Kier molecular flexibility index (Phi) is 6.95. The van der Waals surface area contributed by atoms with Gasteiger partial charge in [0.2, 0.25) is 0 Å². The monoisotopic (exact) mass is 455 g/mol. The summed E-state index contributed by atoms with van der Waals surface area (Å²) < 4.78 is 5.53. The second-order valence-electron chi connectivity index (χ2n) is 6.35. The molecule has 0 spiro atoms. The van der Waals surface area contributed by atoms with Crippen LogP contribution in [0.4, 0.5) is 5.13 Å². The van der Waals surface area contributed by atoms with Crippen LogP contribution in [-0.2, 0) is 24.0 Å². The molecule has 0 aromatic carbocycles. The summed E-state index contributed by atoms with van der Waals surface area (Å²) in [5, 5.41) is 16.8. The number of anilines is 1.